The van der Waals surface area contributed by atoms with Gasteiger partial charge in [-0.1, -0.05) is 19.1 Å². The molecular formula is C23H38N6O4S. The number of carbonyl (C=O) groups is 1. The summed E-state index contributed by atoms with van der Waals surface area (Å²) in [7, 11) is -3.95. The lowest BCUT2D eigenvalue weighted by Crippen LogP contribution is -2.50. The fourth-order valence-electron chi connectivity index (χ4n) is 4.73. The van der Waals surface area contributed by atoms with Crippen LogP contribution in [-0.4, -0.2) is 69.1 Å². The van der Waals surface area contributed by atoms with Gasteiger partial charge in [0, 0.05) is 32.8 Å². The average Bonchev–Trinajstić information content (AvgIpc) is 2.80. The van der Waals surface area contributed by atoms with Gasteiger partial charge in [0.2, 0.25) is 15.9 Å². The van der Waals surface area contributed by atoms with Crippen molar-refractivity contribution in [3.8, 4) is 0 Å². The zero-order valence-electron chi connectivity index (χ0n) is 19.9. The van der Waals surface area contributed by atoms with Crippen LogP contribution in [-0.2, 0) is 21.2 Å². The summed E-state index contributed by atoms with van der Waals surface area (Å²) < 4.78 is 29.6. The zero-order valence-corrected chi connectivity index (χ0v) is 20.7. The first-order chi connectivity index (χ1) is 16.2. The lowest BCUT2D eigenvalue weighted by molar-refractivity contribution is -0.134. The smallest absolute Gasteiger partial charge is 0.243 e. The molecule has 0 aromatic heterocycles. The number of anilines is 1. The Morgan fingerprint density at radius 2 is 2.06 bits per heavy atom. The van der Waals surface area contributed by atoms with Crippen molar-refractivity contribution in [1.29, 1.82) is 0 Å². The zero-order chi connectivity index (χ0) is 24.7. The molecule has 34 heavy (non-hydrogen) atoms. The van der Waals surface area contributed by atoms with Gasteiger partial charge in [-0.3, -0.25) is 9.79 Å². The molecule has 3 rings (SSSR count). The molecule has 1 aromatic rings. The molecule has 190 valence electrons. The van der Waals surface area contributed by atoms with E-state index in [1.54, 1.807) is 17.0 Å². The fraction of sp³-hybridized carbons (Fsp3) is 0.652. The highest BCUT2D eigenvalue weighted by atomic mass is 32.2. The third-order valence-electron chi connectivity index (χ3n) is 6.60. The summed E-state index contributed by atoms with van der Waals surface area (Å²) in [6.45, 7) is 4.37. The Bertz CT molecular complexity index is 972. The number of hydrogen-bond acceptors (Lipinski definition) is 6. The van der Waals surface area contributed by atoms with Crippen molar-refractivity contribution in [2.24, 2.45) is 28.3 Å². The van der Waals surface area contributed by atoms with E-state index in [9.17, 15) is 18.3 Å². The maximum absolute atomic E-state index is 13.4. The molecule has 2 aliphatic heterocycles. The van der Waals surface area contributed by atoms with E-state index < -0.39 is 16.1 Å². The van der Waals surface area contributed by atoms with Gasteiger partial charge in [0.05, 0.1) is 5.69 Å². The predicted molar refractivity (Wildman–Crippen MR) is 133 cm³/mol. The van der Waals surface area contributed by atoms with E-state index in [1.807, 2.05) is 6.07 Å². The monoisotopic (exact) mass is 494 g/mol. The number of nitrogens with two attached hydrogens (primary N) is 2. The number of carbonyl (C=O) groups excluding carboxylic acids is 1. The molecule has 2 heterocycles. The number of amides is 1. The first kappa shape index (κ1) is 26.2. The van der Waals surface area contributed by atoms with Crippen LogP contribution in [0.3, 0.4) is 0 Å². The number of nitrogens with zero attached hydrogens (tertiary/aromatic N) is 2. The first-order valence-corrected chi connectivity index (χ1v) is 13.5. The van der Waals surface area contributed by atoms with Crippen molar-refractivity contribution in [3.05, 3.63) is 23.8 Å². The SMILES string of the molecule is C[C@H]1CNc2c(cccc2S(=O)(=O)NC(CCCN=C(N)N)C(=O)N2CCC(CCO)CC2)C1. The maximum Gasteiger partial charge on any atom is 0.243 e. The highest BCUT2D eigenvalue weighted by Gasteiger charge is 2.33. The molecule has 0 radical (unpaired) electrons. The number of piperidine rings is 1. The summed E-state index contributed by atoms with van der Waals surface area (Å²) >= 11 is 0. The Hall–Kier alpha value is -2.37. The molecule has 11 heteroatoms. The second-order valence-electron chi connectivity index (χ2n) is 9.38. The molecule has 1 unspecified atom stereocenters. The van der Waals surface area contributed by atoms with Gasteiger partial charge in [0.15, 0.2) is 5.96 Å². The summed E-state index contributed by atoms with van der Waals surface area (Å²) in [5.74, 6) is 0.528. The summed E-state index contributed by atoms with van der Waals surface area (Å²) in [6.07, 6.45) is 3.87. The Labute approximate surface area is 202 Å². The second kappa shape index (κ2) is 11.9. The number of para-hydroxylation sites is 1. The minimum absolute atomic E-state index is 0.0365. The van der Waals surface area contributed by atoms with Gasteiger partial charge in [-0.2, -0.15) is 4.72 Å². The van der Waals surface area contributed by atoms with Crippen LogP contribution in [0.5, 0.6) is 0 Å². The topological polar surface area (TPSA) is 163 Å². The van der Waals surface area contributed by atoms with Crippen molar-refractivity contribution in [3.63, 3.8) is 0 Å². The third-order valence-corrected chi connectivity index (χ3v) is 8.12. The van der Waals surface area contributed by atoms with Crippen LogP contribution in [0.15, 0.2) is 28.1 Å². The van der Waals surface area contributed by atoms with E-state index in [4.69, 9.17) is 11.5 Å². The highest BCUT2D eigenvalue weighted by Crippen LogP contribution is 2.31. The lowest BCUT2D eigenvalue weighted by atomic mass is 9.93. The van der Waals surface area contributed by atoms with E-state index in [0.717, 1.165) is 31.2 Å². The first-order valence-electron chi connectivity index (χ1n) is 12.0. The number of hydrogen-bond donors (Lipinski definition) is 5. The molecular weight excluding hydrogens is 456 g/mol. The van der Waals surface area contributed by atoms with E-state index in [1.165, 1.54) is 0 Å². The second-order valence-corrected chi connectivity index (χ2v) is 11.1. The van der Waals surface area contributed by atoms with Gasteiger partial charge in [0.25, 0.3) is 0 Å². The molecule has 2 aliphatic rings. The van der Waals surface area contributed by atoms with Gasteiger partial charge in [-0.05, 0) is 62.0 Å². The van der Waals surface area contributed by atoms with Gasteiger partial charge >= 0.3 is 0 Å². The Kier molecular flexibility index (Phi) is 9.15. The van der Waals surface area contributed by atoms with Crippen molar-refractivity contribution >= 4 is 27.6 Å². The van der Waals surface area contributed by atoms with Crippen molar-refractivity contribution in [2.45, 2.75) is 56.4 Å². The molecule has 1 saturated heterocycles. The summed E-state index contributed by atoms with van der Waals surface area (Å²) in [5.41, 5.74) is 12.4. The van der Waals surface area contributed by atoms with Crippen LogP contribution in [0.1, 0.15) is 44.6 Å². The maximum atomic E-state index is 13.4. The number of nitrogens with one attached hydrogen (secondary N) is 2. The van der Waals surface area contributed by atoms with Crippen LogP contribution in [0.4, 0.5) is 5.69 Å². The number of benzene rings is 1. The van der Waals surface area contributed by atoms with Gasteiger partial charge in [-0.15, -0.1) is 0 Å². The van der Waals surface area contributed by atoms with Crippen LogP contribution >= 0.6 is 0 Å². The molecule has 2 atom stereocenters. The fourth-order valence-corrected chi connectivity index (χ4v) is 6.18. The van der Waals surface area contributed by atoms with Crippen molar-refractivity contribution < 1.29 is 18.3 Å². The van der Waals surface area contributed by atoms with E-state index >= 15 is 0 Å². The number of guanidine groups is 1. The molecule has 0 saturated carbocycles. The average molecular weight is 495 g/mol. The van der Waals surface area contributed by atoms with Crippen molar-refractivity contribution in [1.82, 2.24) is 9.62 Å². The van der Waals surface area contributed by atoms with E-state index in [0.29, 0.717) is 50.1 Å². The molecule has 1 amide bonds. The van der Waals surface area contributed by atoms with Gasteiger partial charge in [-0.25, -0.2) is 8.42 Å². The molecule has 7 N–H and O–H groups in total. The normalized spacial score (nSPS) is 19.7. The van der Waals surface area contributed by atoms with Crippen LogP contribution in [0.25, 0.3) is 0 Å². The summed E-state index contributed by atoms with van der Waals surface area (Å²) in [6, 6.07) is 4.35. The van der Waals surface area contributed by atoms with Crippen LogP contribution in [0, 0.1) is 11.8 Å². The quantitative estimate of drug-likeness (QED) is 0.181. The largest absolute Gasteiger partial charge is 0.396 e. The van der Waals surface area contributed by atoms with Crippen molar-refractivity contribution in [2.75, 3.05) is 38.1 Å². The number of fused-ring (bicyclic) bond motifs is 1. The van der Waals surface area contributed by atoms with Crippen LogP contribution in [0.2, 0.25) is 0 Å². The Balaban J connectivity index is 1.77. The lowest BCUT2D eigenvalue weighted by Gasteiger charge is -2.34. The standard InChI is InChI=1S/C23H38N6O4S/c1-16-14-18-4-2-6-20(21(18)27-15-16)34(32,33)28-19(5-3-10-26-23(24)25)22(31)29-11-7-17(8-12-29)9-13-30/h2,4,6,16-17,19,27-28,30H,3,5,7-15H2,1H3,(H4,24,25,26)/t16-,19?/m1/s1. The molecule has 1 aromatic carbocycles. The molecule has 0 bridgehead atoms. The third kappa shape index (κ3) is 6.83. The molecule has 10 nitrogen and oxygen atoms in total. The van der Waals surface area contributed by atoms with Crippen LogP contribution < -0.4 is 21.5 Å². The molecule has 0 spiro atoms. The Morgan fingerprint density at radius 1 is 1.32 bits per heavy atom. The number of aliphatic hydroxyl groups is 1. The summed E-state index contributed by atoms with van der Waals surface area (Å²) in [4.78, 5) is 19.2. The number of likely N-dealkylation sites (tertiary alicyclic amines) is 1. The van der Waals surface area contributed by atoms with E-state index in [2.05, 4.69) is 22.0 Å². The number of rotatable bonds is 10. The minimum atomic E-state index is -3.95. The molecule has 0 aliphatic carbocycles. The minimum Gasteiger partial charge on any atom is -0.396 e. The molecule has 1 fully saturated rings. The summed E-state index contributed by atoms with van der Waals surface area (Å²) in [5, 5.41) is 12.4. The number of sulfonamides is 1. The van der Waals surface area contributed by atoms with Gasteiger partial charge in [0.1, 0.15) is 10.9 Å². The number of aliphatic hydroxyl groups excluding tert-OH is 1. The van der Waals surface area contributed by atoms with Gasteiger partial charge < -0.3 is 26.8 Å². The number of aliphatic imine (C=N–C) groups is 1. The Morgan fingerprint density at radius 3 is 2.74 bits per heavy atom. The highest BCUT2D eigenvalue weighted by molar-refractivity contribution is 7.89. The van der Waals surface area contributed by atoms with E-state index in [-0.39, 0.29) is 29.8 Å². The predicted octanol–water partition coefficient (Wildman–Crippen LogP) is 0.612.